The Labute approximate surface area is 137 Å². The number of nitrogens with zero attached hydrogens (tertiary/aromatic N) is 2. The molecule has 1 aromatic heterocycles. The van der Waals surface area contributed by atoms with Crippen LogP contribution in [0, 0.1) is 13.8 Å². The van der Waals surface area contributed by atoms with Gasteiger partial charge >= 0.3 is 0 Å². The molecule has 3 rings (SSSR count). The molecule has 1 aliphatic rings. The minimum atomic E-state index is 0.178. The second-order valence-corrected chi connectivity index (χ2v) is 5.82. The Hall–Kier alpha value is -2.39. The Bertz CT molecular complexity index is 748. The zero-order chi connectivity index (χ0) is 16.2. The minimum Gasteiger partial charge on any atom is -0.396 e. The van der Waals surface area contributed by atoms with E-state index in [0.29, 0.717) is 6.42 Å². The molecule has 0 saturated carbocycles. The van der Waals surface area contributed by atoms with E-state index >= 15 is 0 Å². The van der Waals surface area contributed by atoms with Crippen molar-refractivity contribution in [2.24, 2.45) is 0 Å². The highest BCUT2D eigenvalue weighted by molar-refractivity contribution is 5.43. The lowest BCUT2D eigenvalue weighted by molar-refractivity contribution is 0.299. The normalized spacial score (nSPS) is 14.4. The van der Waals surface area contributed by atoms with Gasteiger partial charge in [-0.2, -0.15) is 5.10 Å². The Kier molecular flexibility index (Phi) is 4.58. The van der Waals surface area contributed by atoms with Crippen LogP contribution >= 0.6 is 0 Å². The number of hydrogen-bond donors (Lipinski definition) is 1. The summed E-state index contributed by atoms with van der Waals surface area (Å²) in [6, 6.07) is 8.23. The molecule has 0 fully saturated rings. The van der Waals surface area contributed by atoms with E-state index in [2.05, 4.69) is 62.4 Å². The maximum absolute atomic E-state index is 9.02. The molecule has 1 aromatic carbocycles. The molecule has 0 amide bonds. The summed E-state index contributed by atoms with van der Waals surface area (Å²) >= 11 is 0. The topological polar surface area (TPSA) is 38.0 Å². The SMILES string of the molecule is Cc1nn(-c2ccc(CCO)cc2)c(C)c1C1C=CC=CC=C1. The quantitative estimate of drug-likeness (QED) is 0.933. The molecule has 0 saturated heterocycles. The zero-order valence-electron chi connectivity index (χ0n) is 13.6. The smallest absolute Gasteiger partial charge is 0.0649 e. The van der Waals surface area contributed by atoms with Gasteiger partial charge in [0.15, 0.2) is 0 Å². The van der Waals surface area contributed by atoms with E-state index in [4.69, 9.17) is 10.2 Å². The van der Waals surface area contributed by atoms with Crippen molar-refractivity contribution in [3.05, 3.63) is 83.2 Å². The van der Waals surface area contributed by atoms with E-state index < -0.39 is 0 Å². The van der Waals surface area contributed by atoms with Crippen LogP contribution in [-0.2, 0) is 6.42 Å². The van der Waals surface area contributed by atoms with Crippen LogP contribution in [0.25, 0.3) is 5.69 Å². The Balaban J connectivity index is 1.97. The number of aliphatic hydroxyl groups is 1. The van der Waals surface area contributed by atoms with Crippen molar-refractivity contribution in [2.75, 3.05) is 6.61 Å². The lowest BCUT2D eigenvalue weighted by Gasteiger charge is -2.10. The summed E-state index contributed by atoms with van der Waals surface area (Å²) in [6.07, 6.45) is 13.4. The lowest BCUT2D eigenvalue weighted by Crippen LogP contribution is -2.01. The first-order chi connectivity index (χ1) is 11.2. The van der Waals surface area contributed by atoms with Crippen LogP contribution < -0.4 is 0 Å². The van der Waals surface area contributed by atoms with E-state index in [1.807, 2.05) is 16.8 Å². The highest BCUT2D eigenvalue weighted by atomic mass is 16.2. The number of aromatic nitrogens is 2. The highest BCUT2D eigenvalue weighted by Gasteiger charge is 2.18. The molecular weight excluding hydrogens is 284 g/mol. The second-order valence-electron chi connectivity index (χ2n) is 5.82. The van der Waals surface area contributed by atoms with Gasteiger partial charge in [-0.15, -0.1) is 0 Å². The van der Waals surface area contributed by atoms with Crippen molar-refractivity contribution in [3.63, 3.8) is 0 Å². The number of allylic oxidation sites excluding steroid dienone is 6. The van der Waals surface area contributed by atoms with Crippen LogP contribution in [0.3, 0.4) is 0 Å². The summed E-state index contributed by atoms with van der Waals surface area (Å²) in [5, 5.41) is 13.8. The van der Waals surface area contributed by atoms with Gasteiger partial charge in [0.25, 0.3) is 0 Å². The molecular formula is C20H22N2O. The summed E-state index contributed by atoms with van der Waals surface area (Å²) in [6.45, 7) is 4.37. The molecule has 0 radical (unpaired) electrons. The molecule has 0 bridgehead atoms. The van der Waals surface area contributed by atoms with E-state index in [1.54, 1.807) is 0 Å². The van der Waals surface area contributed by atoms with Gasteiger partial charge in [-0.25, -0.2) is 4.68 Å². The van der Waals surface area contributed by atoms with Crippen LogP contribution in [0.1, 0.15) is 28.4 Å². The molecule has 1 N–H and O–H groups in total. The van der Waals surface area contributed by atoms with E-state index in [9.17, 15) is 0 Å². The van der Waals surface area contributed by atoms with Gasteiger partial charge < -0.3 is 5.11 Å². The number of benzene rings is 1. The summed E-state index contributed by atoms with van der Waals surface area (Å²) in [4.78, 5) is 0. The Morgan fingerprint density at radius 1 is 1.00 bits per heavy atom. The fourth-order valence-corrected chi connectivity index (χ4v) is 3.07. The summed E-state index contributed by atoms with van der Waals surface area (Å²) in [5.41, 5.74) is 5.68. The van der Waals surface area contributed by atoms with Gasteiger partial charge in [0, 0.05) is 23.8 Å². The standard InChI is InChI=1S/C20H22N2O/c1-15-20(18-7-5-3-4-6-8-18)16(2)22(21-15)19-11-9-17(10-12-19)13-14-23/h3-12,18,23H,13-14H2,1-2H3. The van der Waals surface area contributed by atoms with Gasteiger partial charge in [-0.05, 0) is 38.0 Å². The summed E-state index contributed by atoms with van der Waals surface area (Å²) in [7, 11) is 0. The monoisotopic (exact) mass is 306 g/mol. The van der Waals surface area contributed by atoms with Crippen LogP contribution in [0.5, 0.6) is 0 Å². The second kappa shape index (κ2) is 6.80. The van der Waals surface area contributed by atoms with E-state index in [0.717, 1.165) is 16.9 Å². The summed E-state index contributed by atoms with van der Waals surface area (Å²) in [5.74, 6) is 0.257. The largest absolute Gasteiger partial charge is 0.396 e. The molecule has 0 aliphatic heterocycles. The van der Waals surface area contributed by atoms with Crippen molar-refractivity contribution in [2.45, 2.75) is 26.2 Å². The van der Waals surface area contributed by atoms with Gasteiger partial charge in [0.05, 0.1) is 11.4 Å². The fourth-order valence-electron chi connectivity index (χ4n) is 3.07. The average molecular weight is 306 g/mol. The summed E-state index contributed by atoms with van der Waals surface area (Å²) < 4.78 is 2.01. The highest BCUT2D eigenvalue weighted by Crippen LogP contribution is 2.28. The molecule has 0 atom stereocenters. The van der Waals surface area contributed by atoms with Gasteiger partial charge in [0.1, 0.15) is 0 Å². The first-order valence-electron chi connectivity index (χ1n) is 7.98. The fraction of sp³-hybridized carbons (Fsp3) is 0.250. The van der Waals surface area contributed by atoms with Crippen LogP contribution in [0.4, 0.5) is 0 Å². The number of hydrogen-bond acceptors (Lipinski definition) is 2. The maximum atomic E-state index is 9.02. The first-order valence-corrected chi connectivity index (χ1v) is 7.98. The zero-order valence-corrected chi connectivity index (χ0v) is 13.6. The van der Waals surface area contributed by atoms with Crippen LogP contribution in [-0.4, -0.2) is 21.5 Å². The molecule has 118 valence electrons. The Morgan fingerprint density at radius 2 is 1.65 bits per heavy atom. The number of aliphatic hydroxyl groups excluding tert-OH is 1. The third-order valence-corrected chi connectivity index (χ3v) is 4.23. The van der Waals surface area contributed by atoms with E-state index in [-0.39, 0.29) is 12.5 Å². The third-order valence-electron chi connectivity index (χ3n) is 4.23. The molecule has 2 aromatic rings. The molecule has 0 unspecified atom stereocenters. The lowest BCUT2D eigenvalue weighted by atomic mass is 9.96. The molecule has 0 spiro atoms. The van der Waals surface area contributed by atoms with Crippen molar-refractivity contribution in [1.29, 1.82) is 0 Å². The third kappa shape index (κ3) is 3.20. The van der Waals surface area contributed by atoms with Crippen LogP contribution in [0.15, 0.2) is 60.7 Å². The molecule has 3 heteroatoms. The van der Waals surface area contributed by atoms with Crippen LogP contribution in [0.2, 0.25) is 0 Å². The Morgan fingerprint density at radius 3 is 2.26 bits per heavy atom. The van der Waals surface area contributed by atoms with Crippen molar-refractivity contribution >= 4 is 0 Å². The molecule has 1 aliphatic carbocycles. The molecule has 23 heavy (non-hydrogen) atoms. The van der Waals surface area contributed by atoms with Gasteiger partial charge in [0.2, 0.25) is 0 Å². The van der Waals surface area contributed by atoms with Crippen molar-refractivity contribution in [1.82, 2.24) is 9.78 Å². The van der Waals surface area contributed by atoms with E-state index in [1.165, 1.54) is 11.3 Å². The van der Waals surface area contributed by atoms with Gasteiger partial charge in [-0.1, -0.05) is 48.6 Å². The molecule has 1 heterocycles. The maximum Gasteiger partial charge on any atom is 0.0649 e. The first kappa shape index (κ1) is 15.5. The molecule has 3 nitrogen and oxygen atoms in total. The van der Waals surface area contributed by atoms with Gasteiger partial charge in [-0.3, -0.25) is 0 Å². The van der Waals surface area contributed by atoms with Crippen molar-refractivity contribution in [3.8, 4) is 5.69 Å². The minimum absolute atomic E-state index is 0.178. The predicted molar refractivity (Wildman–Crippen MR) is 94.0 cm³/mol. The van der Waals surface area contributed by atoms with Crippen molar-refractivity contribution < 1.29 is 5.11 Å². The average Bonchev–Trinajstić information content (AvgIpc) is 2.73. The predicted octanol–water partition coefficient (Wildman–Crippen LogP) is 3.79. The number of aryl methyl sites for hydroxylation is 1. The number of rotatable bonds is 4.